The zero-order valence-electron chi connectivity index (χ0n) is 18.0. The van der Waals surface area contributed by atoms with Gasteiger partial charge >= 0.3 is 5.97 Å². The summed E-state index contributed by atoms with van der Waals surface area (Å²) in [5, 5.41) is 10.3. The van der Waals surface area contributed by atoms with Gasteiger partial charge in [-0.15, -0.1) is 0 Å². The minimum Gasteiger partial charge on any atom is -0.463 e. The SMILES string of the molecule is CCCCCCCCCCCCCC(=O)OC[C@H]1O[C@@H]2OC(C)(C)O[C@@H]2[C@H]1O. The number of ether oxygens (including phenoxy) is 4. The number of aliphatic hydroxyl groups is 1. The second kappa shape index (κ2) is 12.1. The maximum absolute atomic E-state index is 11.9. The van der Waals surface area contributed by atoms with Crippen LogP contribution in [0.5, 0.6) is 0 Å². The molecule has 2 fully saturated rings. The lowest BCUT2D eigenvalue weighted by Gasteiger charge is -2.22. The number of unbranched alkanes of at least 4 members (excludes halogenated alkanes) is 10. The average Bonchev–Trinajstić information content (AvgIpc) is 3.10. The Balaban J connectivity index is 1.43. The van der Waals surface area contributed by atoms with Crippen molar-refractivity contribution in [3.63, 3.8) is 0 Å². The molecule has 1 N–H and O–H groups in total. The third-order valence-electron chi connectivity index (χ3n) is 5.51. The Morgan fingerprint density at radius 2 is 1.50 bits per heavy atom. The molecule has 0 aromatic heterocycles. The summed E-state index contributed by atoms with van der Waals surface area (Å²) in [5.41, 5.74) is 0. The minimum atomic E-state index is -0.846. The van der Waals surface area contributed by atoms with Crippen molar-refractivity contribution in [2.75, 3.05) is 6.61 Å². The second-order valence-corrected chi connectivity index (χ2v) is 8.60. The fraction of sp³-hybridized carbons (Fsp3) is 0.955. The third kappa shape index (κ3) is 7.97. The molecular formula is C22H40O6. The Morgan fingerprint density at radius 1 is 0.929 bits per heavy atom. The van der Waals surface area contributed by atoms with Crippen molar-refractivity contribution in [1.29, 1.82) is 0 Å². The van der Waals surface area contributed by atoms with E-state index in [1.165, 1.54) is 57.8 Å². The van der Waals surface area contributed by atoms with Gasteiger partial charge in [-0.05, 0) is 20.3 Å². The Labute approximate surface area is 170 Å². The van der Waals surface area contributed by atoms with Crippen LogP contribution < -0.4 is 0 Å². The molecule has 0 spiro atoms. The molecule has 0 radical (unpaired) electrons. The largest absolute Gasteiger partial charge is 0.463 e. The van der Waals surface area contributed by atoms with Crippen LogP contribution in [0.2, 0.25) is 0 Å². The van der Waals surface area contributed by atoms with E-state index >= 15 is 0 Å². The first-order valence-electron chi connectivity index (χ1n) is 11.3. The van der Waals surface area contributed by atoms with Crippen molar-refractivity contribution < 1.29 is 28.8 Å². The summed E-state index contributed by atoms with van der Waals surface area (Å²) < 4.78 is 22.1. The number of fused-ring (bicyclic) bond motifs is 1. The molecule has 0 aliphatic carbocycles. The highest BCUT2D eigenvalue weighted by atomic mass is 16.8. The molecule has 0 saturated carbocycles. The van der Waals surface area contributed by atoms with Crippen LogP contribution in [0.15, 0.2) is 0 Å². The van der Waals surface area contributed by atoms with Gasteiger partial charge in [0.25, 0.3) is 0 Å². The van der Waals surface area contributed by atoms with Crippen molar-refractivity contribution in [3.8, 4) is 0 Å². The summed E-state index contributed by atoms with van der Waals surface area (Å²) in [4.78, 5) is 11.9. The first-order chi connectivity index (χ1) is 13.4. The van der Waals surface area contributed by atoms with E-state index in [1.54, 1.807) is 13.8 Å². The lowest BCUT2D eigenvalue weighted by molar-refractivity contribution is -0.220. The maximum atomic E-state index is 11.9. The van der Waals surface area contributed by atoms with Gasteiger partial charge in [0.2, 0.25) is 0 Å². The van der Waals surface area contributed by atoms with Crippen LogP contribution in [0, 0.1) is 0 Å². The fourth-order valence-electron chi connectivity index (χ4n) is 3.88. The summed E-state index contributed by atoms with van der Waals surface area (Å²) in [5.74, 6) is -0.988. The van der Waals surface area contributed by atoms with Gasteiger partial charge in [-0.3, -0.25) is 4.79 Å². The van der Waals surface area contributed by atoms with Crippen LogP contribution in [-0.4, -0.2) is 48.1 Å². The highest BCUT2D eigenvalue weighted by molar-refractivity contribution is 5.69. The standard InChI is InChI=1S/C22H40O6/c1-4-5-6-7-8-9-10-11-12-13-14-15-18(23)25-16-17-19(24)20-21(26-17)28-22(2,3)27-20/h17,19-21,24H,4-16H2,1-3H3/t17-,19+,20-,21-/m1/s1. The minimum absolute atomic E-state index is 0.0399. The van der Waals surface area contributed by atoms with Gasteiger partial charge in [-0.25, -0.2) is 0 Å². The third-order valence-corrected chi connectivity index (χ3v) is 5.51. The van der Waals surface area contributed by atoms with Crippen molar-refractivity contribution in [1.82, 2.24) is 0 Å². The van der Waals surface area contributed by atoms with Gasteiger partial charge in [0.05, 0.1) is 0 Å². The van der Waals surface area contributed by atoms with Crippen LogP contribution in [-0.2, 0) is 23.7 Å². The number of aliphatic hydroxyl groups excluding tert-OH is 1. The molecule has 164 valence electrons. The van der Waals surface area contributed by atoms with Crippen LogP contribution in [0.25, 0.3) is 0 Å². The number of hydrogen-bond donors (Lipinski definition) is 1. The number of esters is 1. The highest BCUT2D eigenvalue weighted by Crippen LogP contribution is 2.37. The normalized spacial score (nSPS) is 28.4. The van der Waals surface area contributed by atoms with E-state index < -0.39 is 30.4 Å². The smallest absolute Gasteiger partial charge is 0.305 e. The van der Waals surface area contributed by atoms with E-state index in [9.17, 15) is 9.90 Å². The number of rotatable bonds is 14. The van der Waals surface area contributed by atoms with E-state index in [2.05, 4.69) is 6.92 Å². The predicted molar refractivity (Wildman–Crippen MR) is 107 cm³/mol. The van der Waals surface area contributed by atoms with E-state index in [4.69, 9.17) is 18.9 Å². The van der Waals surface area contributed by atoms with Crippen LogP contribution >= 0.6 is 0 Å². The van der Waals surface area contributed by atoms with Gasteiger partial charge in [-0.2, -0.15) is 0 Å². The lowest BCUT2D eigenvalue weighted by atomic mass is 10.1. The first kappa shape index (κ1) is 23.6. The molecule has 2 rings (SSSR count). The fourth-order valence-corrected chi connectivity index (χ4v) is 3.88. The van der Waals surface area contributed by atoms with Crippen molar-refractivity contribution in [3.05, 3.63) is 0 Å². The number of carbonyl (C=O) groups is 1. The Kier molecular flexibility index (Phi) is 10.2. The van der Waals surface area contributed by atoms with Gasteiger partial charge in [0, 0.05) is 6.42 Å². The zero-order chi connectivity index (χ0) is 20.4. The van der Waals surface area contributed by atoms with Crippen molar-refractivity contribution in [2.45, 2.75) is 128 Å². The second-order valence-electron chi connectivity index (χ2n) is 8.60. The van der Waals surface area contributed by atoms with Crippen LogP contribution in [0.1, 0.15) is 97.8 Å². The molecule has 0 amide bonds. The van der Waals surface area contributed by atoms with Crippen LogP contribution in [0.4, 0.5) is 0 Å². The molecule has 2 aliphatic heterocycles. The molecule has 28 heavy (non-hydrogen) atoms. The number of carbonyl (C=O) groups excluding carboxylic acids is 1. The topological polar surface area (TPSA) is 74.2 Å². The van der Waals surface area contributed by atoms with E-state index in [0.717, 1.165) is 12.8 Å². The summed E-state index contributed by atoms with van der Waals surface area (Å²) in [7, 11) is 0. The first-order valence-corrected chi connectivity index (χ1v) is 11.3. The summed E-state index contributed by atoms with van der Waals surface area (Å²) in [6.07, 6.45) is 11.6. The highest BCUT2D eigenvalue weighted by Gasteiger charge is 2.54. The average molecular weight is 401 g/mol. The van der Waals surface area contributed by atoms with Gasteiger partial charge in [-0.1, -0.05) is 71.1 Å². The Hall–Kier alpha value is -0.690. The monoisotopic (exact) mass is 400 g/mol. The molecule has 6 nitrogen and oxygen atoms in total. The molecule has 4 atom stereocenters. The van der Waals surface area contributed by atoms with E-state index in [1.807, 2.05) is 0 Å². The number of hydrogen-bond acceptors (Lipinski definition) is 6. The quantitative estimate of drug-likeness (QED) is 0.343. The lowest BCUT2D eigenvalue weighted by Crippen LogP contribution is -2.37. The zero-order valence-corrected chi connectivity index (χ0v) is 18.0. The molecule has 0 unspecified atom stereocenters. The predicted octanol–water partition coefficient (Wildman–Crippen LogP) is 4.47. The van der Waals surface area contributed by atoms with Gasteiger partial charge in [0.15, 0.2) is 12.1 Å². The van der Waals surface area contributed by atoms with Gasteiger partial charge in [0.1, 0.15) is 24.9 Å². The molecule has 2 heterocycles. The van der Waals surface area contributed by atoms with Crippen molar-refractivity contribution >= 4 is 5.97 Å². The van der Waals surface area contributed by atoms with E-state index in [-0.39, 0.29) is 12.6 Å². The maximum Gasteiger partial charge on any atom is 0.305 e. The van der Waals surface area contributed by atoms with Gasteiger partial charge < -0.3 is 24.1 Å². The van der Waals surface area contributed by atoms with E-state index in [0.29, 0.717) is 6.42 Å². The summed E-state index contributed by atoms with van der Waals surface area (Å²) in [6.45, 7) is 5.85. The Bertz CT molecular complexity index is 452. The molecule has 0 aromatic rings. The Morgan fingerprint density at radius 3 is 2.07 bits per heavy atom. The molecule has 2 aliphatic rings. The van der Waals surface area contributed by atoms with Crippen LogP contribution in [0.3, 0.4) is 0 Å². The molecular weight excluding hydrogens is 360 g/mol. The molecule has 0 aromatic carbocycles. The molecule has 0 bridgehead atoms. The summed E-state index contributed by atoms with van der Waals surface area (Å²) in [6, 6.07) is 0. The van der Waals surface area contributed by atoms with Crippen molar-refractivity contribution in [2.24, 2.45) is 0 Å². The molecule has 6 heteroatoms. The summed E-state index contributed by atoms with van der Waals surface area (Å²) >= 11 is 0. The molecule has 2 saturated heterocycles.